The van der Waals surface area contributed by atoms with Gasteiger partial charge in [-0.3, -0.25) is 4.79 Å². The highest BCUT2D eigenvalue weighted by atomic mass is 16.5. The molecular formula is C17H30O2. The molecule has 0 spiro atoms. The fraction of sp³-hybridized carbons (Fsp3) is 0.706. The Hall–Kier alpha value is -1.05. The molecule has 0 aromatic carbocycles. The number of carbonyl (C=O) groups is 1. The molecule has 19 heavy (non-hydrogen) atoms. The summed E-state index contributed by atoms with van der Waals surface area (Å²) in [5.41, 5.74) is 0.975. The van der Waals surface area contributed by atoms with Crippen LogP contribution in [0.1, 0.15) is 60.8 Å². The van der Waals surface area contributed by atoms with E-state index < -0.39 is 5.41 Å². The van der Waals surface area contributed by atoms with Crippen LogP contribution in [0.25, 0.3) is 0 Å². The number of allylic oxidation sites excluding steroid dienone is 3. The maximum Gasteiger partial charge on any atom is 0.311 e. The third-order valence-corrected chi connectivity index (χ3v) is 2.84. The van der Waals surface area contributed by atoms with E-state index in [-0.39, 0.29) is 5.97 Å². The highest BCUT2D eigenvalue weighted by Crippen LogP contribution is 2.15. The van der Waals surface area contributed by atoms with Gasteiger partial charge in [-0.1, -0.05) is 30.7 Å². The first kappa shape index (κ1) is 17.9. The predicted octanol–water partition coefficient (Wildman–Crippen LogP) is 4.90. The first-order chi connectivity index (χ1) is 8.73. The van der Waals surface area contributed by atoms with E-state index in [4.69, 9.17) is 4.74 Å². The van der Waals surface area contributed by atoms with Crippen LogP contribution in [-0.4, -0.2) is 12.6 Å². The molecular weight excluding hydrogens is 236 g/mol. The molecule has 1 atom stereocenters. The number of carbonyl (C=O) groups excluding carboxylic acids is 1. The van der Waals surface area contributed by atoms with Crippen molar-refractivity contribution in [3.8, 4) is 0 Å². The van der Waals surface area contributed by atoms with E-state index in [0.29, 0.717) is 12.5 Å². The average molecular weight is 266 g/mol. The number of hydrogen-bond donors (Lipinski definition) is 0. The van der Waals surface area contributed by atoms with Gasteiger partial charge in [0, 0.05) is 0 Å². The lowest BCUT2D eigenvalue weighted by molar-refractivity contribution is -0.151. The second kappa shape index (κ2) is 8.95. The van der Waals surface area contributed by atoms with Crippen LogP contribution in [0.2, 0.25) is 0 Å². The number of esters is 1. The van der Waals surface area contributed by atoms with Crippen molar-refractivity contribution in [2.75, 3.05) is 6.61 Å². The van der Waals surface area contributed by atoms with E-state index in [9.17, 15) is 4.79 Å². The molecule has 0 aromatic heterocycles. The van der Waals surface area contributed by atoms with E-state index in [2.05, 4.69) is 32.9 Å². The Morgan fingerprint density at radius 1 is 1.21 bits per heavy atom. The minimum Gasteiger partial charge on any atom is -0.461 e. The van der Waals surface area contributed by atoms with Gasteiger partial charge >= 0.3 is 5.97 Å². The Kier molecular flexibility index (Phi) is 8.46. The average Bonchev–Trinajstić information content (AvgIpc) is 2.26. The summed E-state index contributed by atoms with van der Waals surface area (Å²) in [6, 6.07) is 0. The van der Waals surface area contributed by atoms with Crippen LogP contribution in [0, 0.1) is 11.3 Å². The van der Waals surface area contributed by atoms with Crippen LogP contribution in [0.4, 0.5) is 0 Å². The van der Waals surface area contributed by atoms with Crippen LogP contribution >= 0.6 is 0 Å². The van der Waals surface area contributed by atoms with E-state index >= 15 is 0 Å². The summed E-state index contributed by atoms with van der Waals surface area (Å²) in [5.74, 6) is 0.527. The van der Waals surface area contributed by atoms with Gasteiger partial charge in [0.15, 0.2) is 0 Å². The molecule has 0 aliphatic rings. The van der Waals surface area contributed by atoms with Crippen molar-refractivity contribution in [2.24, 2.45) is 11.3 Å². The van der Waals surface area contributed by atoms with Crippen LogP contribution in [0.15, 0.2) is 23.8 Å². The zero-order valence-electron chi connectivity index (χ0n) is 13.5. The summed E-state index contributed by atoms with van der Waals surface area (Å²) in [5, 5.41) is 0. The molecule has 110 valence electrons. The number of hydrogen-bond acceptors (Lipinski definition) is 2. The summed E-state index contributed by atoms with van der Waals surface area (Å²) in [7, 11) is 0. The highest BCUT2D eigenvalue weighted by molar-refractivity contribution is 5.75. The van der Waals surface area contributed by atoms with Crippen molar-refractivity contribution in [3.63, 3.8) is 0 Å². The topological polar surface area (TPSA) is 26.3 Å². The van der Waals surface area contributed by atoms with Gasteiger partial charge in [-0.05, 0) is 59.8 Å². The Labute approximate surface area is 118 Å². The van der Waals surface area contributed by atoms with Gasteiger partial charge in [-0.25, -0.2) is 0 Å². The molecule has 0 N–H and O–H groups in total. The summed E-state index contributed by atoms with van der Waals surface area (Å²) in [4.78, 5) is 11.5. The van der Waals surface area contributed by atoms with Gasteiger partial charge in [0.1, 0.15) is 6.61 Å². The summed E-state index contributed by atoms with van der Waals surface area (Å²) in [6.45, 7) is 12.5. The summed E-state index contributed by atoms with van der Waals surface area (Å²) in [6.07, 6.45) is 9.74. The number of rotatable bonds is 7. The lowest BCUT2D eigenvalue weighted by Crippen LogP contribution is -2.22. The predicted molar refractivity (Wildman–Crippen MR) is 82.0 cm³/mol. The smallest absolute Gasteiger partial charge is 0.311 e. The van der Waals surface area contributed by atoms with E-state index in [1.807, 2.05) is 26.8 Å². The van der Waals surface area contributed by atoms with Crippen molar-refractivity contribution in [2.45, 2.75) is 60.8 Å². The molecule has 2 heteroatoms. The molecule has 0 rings (SSSR count). The summed E-state index contributed by atoms with van der Waals surface area (Å²) >= 11 is 0. The Bertz CT molecular complexity index is 315. The van der Waals surface area contributed by atoms with Crippen molar-refractivity contribution < 1.29 is 9.53 Å². The maximum atomic E-state index is 11.5. The molecule has 0 aliphatic carbocycles. The van der Waals surface area contributed by atoms with Gasteiger partial charge in [-0.15, -0.1) is 0 Å². The fourth-order valence-corrected chi connectivity index (χ4v) is 1.51. The zero-order chi connectivity index (χ0) is 14.9. The largest absolute Gasteiger partial charge is 0.461 e. The third kappa shape index (κ3) is 10.5. The molecule has 2 nitrogen and oxygen atoms in total. The molecule has 0 unspecified atom stereocenters. The van der Waals surface area contributed by atoms with Gasteiger partial charge in [0.05, 0.1) is 5.41 Å². The van der Waals surface area contributed by atoms with E-state index in [1.165, 1.54) is 12.0 Å². The second-order valence-corrected chi connectivity index (χ2v) is 6.52. The van der Waals surface area contributed by atoms with Crippen molar-refractivity contribution in [3.05, 3.63) is 23.8 Å². The second-order valence-electron chi connectivity index (χ2n) is 6.52. The Balaban J connectivity index is 3.74. The van der Waals surface area contributed by atoms with Gasteiger partial charge in [0.25, 0.3) is 0 Å². The minimum atomic E-state index is -0.411. The SMILES string of the molecule is CC(C)=CCC[C@@H](C)C/C=C\COC(=O)C(C)(C)C. The first-order valence-electron chi connectivity index (χ1n) is 7.19. The van der Waals surface area contributed by atoms with Gasteiger partial charge < -0.3 is 4.74 Å². The van der Waals surface area contributed by atoms with Crippen molar-refractivity contribution in [1.29, 1.82) is 0 Å². The normalized spacial score (nSPS) is 13.4. The molecule has 0 radical (unpaired) electrons. The Morgan fingerprint density at radius 2 is 1.84 bits per heavy atom. The first-order valence-corrected chi connectivity index (χ1v) is 7.19. The lowest BCUT2D eigenvalue weighted by atomic mass is 9.97. The standard InChI is InChI=1S/C17H30O2/c1-14(2)10-9-12-15(3)11-7-8-13-19-16(18)17(4,5)6/h7-8,10,15H,9,11-13H2,1-6H3/b8-7-/t15-/m0/s1. The molecule has 0 bridgehead atoms. The molecule has 0 heterocycles. The number of ether oxygens (including phenoxy) is 1. The molecule has 0 aromatic rings. The van der Waals surface area contributed by atoms with Crippen LogP contribution in [0.5, 0.6) is 0 Å². The van der Waals surface area contributed by atoms with Gasteiger partial charge in [0.2, 0.25) is 0 Å². The molecule has 0 amide bonds. The highest BCUT2D eigenvalue weighted by Gasteiger charge is 2.22. The minimum absolute atomic E-state index is 0.145. The monoisotopic (exact) mass is 266 g/mol. The third-order valence-electron chi connectivity index (χ3n) is 2.84. The molecule has 0 saturated heterocycles. The Morgan fingerprint density at radius 3 is 2.37 bits per heavy atom. The molecule has 0 saturated carbocycles. The lowest BCUT2D eigenvalue weighted by Gasteiger charge is -2.15. The van der Waals surface area contributed by atoms with E-state index in [0.717, 1.165) is 12.8 Å². The van der Waals surface area contributed by atoms with E-state index in [1.54, 1.807) is 0 Å². The van der Waals surface area contributed by atoms with Crippen LogP contribution < -0.4 is 0 Å². The summed E-state index contributed by atoms with van der Waals surface area (Å²) < 4.78 is 5.17. The van der Waals surface area contributed by atoms with Crippen molar-refractivity contribution in [1.82, 2.24) is 0 Å². The van der Waals surface area contributed by atoms with Crippen LogP contribution in [-0.2, 0) is 9.53 Å². The van der Waals surface area contributed by atoms with Gasteiger partial charge in [-0.2, -0.15) is 0 Å². The maximum absolute atomic E-state index is 11.5. The zero-order valence-corrected chi connectivity index (χ0v) is 13.5. The van der Waals surface area contributed by atoms with Crippen LogP contribution in [0.3, 0.4) is 0 Å². The van der Waals surface area contributed by atoms with Crippen molar-refractivity contribution >= 4 is 5.97 Å². The molecule has 0 fully saturated rings. The quantitative estimate of drug-likeness (QED) is 0.483. The molecule has 0 aliphatic heterocycles. The fourth-order valence-electron chi connectivity index (χ4n) is 1.51.